The van der Waals surface area contributed by atoms with Crippen LogP contribution in [0.4, 0.5) is 0 Å². The number of aliphatic hydroxyl groups excluding tert-OH is 1. The van der Waals surface area contributed by atoms with Crippen LogP contribution in [-0.4, -0.2) is 69.8 Å². The summed E-state index contributed by atoms with van der Waals surface area (Å²) in [4.78, 5) is 0. The van der Waals surface area contributed by atoms with E-state index in [2.05, 4.69) is 6.58 Å². The van der Waals surface area contributed by atoms with Gasteiger partial charge in [0.2, 0.25) is 0 Å². The fourth-order valence-electron chi connectivity index (χ4n) is 1.37. The zero-order valence-corrected chi connectivity index (χ0v) is 11.7. The van der Waals surface area contributed by atoms with E-state index in [1.54, 1.807) is 0 Å². The minimum absolute atomic E-state index is 0.374. The first-order valence-corrected chi connectivity index (χ1v) is 6.09. The van der Waals surface area contributed by atoms with Crippen LogP contribution in [0, 0.1) is 0 Å². The molecule has 1 atom stereocenters. The van der Waals surface area contributed by atoms with Gasteiger partial charge in [0.05, 0.1) is 47.6 Å². The van der Waals surface area contributed by atoms with E-state index in [9.17, 15) is 5.11 Å². The molecule has 0 spiro atoms. The summed E-state index contributed by atoms with van der Waals surface area (Å²) in [5.41, 5.74) is 1.13. The average molecular weight is 246 g/mol. The molecule has 0 aliphatic rings. The van der Waals surface area contributed by atoms with Crippen molar-refractivity contribution in [3.05, 3.63) is 12.2 Å². The van der Waals surface area contributed by atoms with Crippen molar-refractivity contribution in [3.63, 3.8) is 0 Å². The Bertz CT molecular complexity index is 211. The van der Waals surface area contributed by atoms with Crippen LogP contribution in [0.5, 0.6) is 0 Å². The number of aliphatic hydroxyl groups is 1. The number of quaternary nitrogens is 1. The predicted octanol–water partition coefficient (Wildman–Crippen LogP) is 1.05. The van der Waals surface area contributed by atoms with E-state index in [1.807, 2.05) is 28.1 Å². The first kappa shape index (κ1) is 16.6. The van der Waals surface area contributed by atoms with Crippen LogP contribution in [-0.2, 0) is 9.47 Å². The summed E-state index contributed by atoms with van der Waals surface area (Å²) in [5, 5.41) is 9.67. The molecule has 0 saturated heterocycles. The first-order chi connectivity index (χ1) is 7.81. The third-order valence-electron chi connectivity index (χ3n) is 2.11. The summed E-state index contributed by atoms with van der Waals surface area (Å²) < 4.78 is 11.4. The van der Waals surface area contributed by atoms with Crippen molar-refractivity contribution in [2.75, 3.05) is 54.1 Å². The van der Waals surface area contributed by atoms with E-state index in [0.717, 1.165) is 16.5 Å². The molecule has 4 heteroatoms. The SMILES string of the molecule is C=C(C)CCOCCOCC(O)C[N+](C)(C)C. The largest absolute Gasteiger partial charge is 0.385 e. The number of ether oxygens (including phenoxy) is 2. The van der Waals surface area contributed by atoms with Crippen LogP contribution in [0.25, 0.3) is 0 Å². The van der Waals surface area contributed by atoms with Crippen LogP contribution < -0.4 is 0 Å². The molecule has 0 aromatic rings. The summed E-state index contributed by atoms with van der Waals surface area (Å²) in [6, 6.07) is 0. The summed E-state index contributed by atoms with van der Waals surface area (Å²) in [6.07, 6.45) is 0.481. The van der Waals surface area contributed by atoms with Gasteiger partial charge in [0, 0.05) is 0 Å². The fourth-order valence-corrected chi connectivity index (χ4v) is 1.37. The third kappa shape index (κ3) is 13.5. The lowest BCUT2D eigenvalue weighted by atomic mass is 10.3. The summed E-state index contributed by atoms with van der Waals surface area (Å²) in [6.45, 7) is 8.65. The average Bonchev–Trinajstić information content (AvgIpc) is 2.12. The van der Waals surface area contributed by atoms with E-state index in [0.29, 0.717) is 33.0 Å². The standard InChI is InChI=1S/C13H28NO3/c1-12(2)6-7-16-8-9-17-11-13(15)10-14(3,4)5/h13,15H,1,6-11H2,2-5H3/q+1. The minimum atomic E-state index is -0.412. The van der Waals surface area contributed by atoms with Crippen molar-refractivity contribution in [1.29, 1.82) is 0 Å². The van der Waals surface area contributed by atoms with Gasteiger partial charge < -0.3 is 19.1 Å². The molecular formula is C13H28NO3+. The Morgan fingerprint density at radius 2 is 1.76 bits per heavy atom. The molecule has 0 rings (SSSR count). The summed E-state index contributed by atoms with van der Waals surface area (Å²) in [5.74, 6) is 0. The van der Waals surface area contributed by atoms with Gasteiger partial charge in [-0.25, -0.2) is 0 Å². The van der Waals surface area contributed by atoms with E-state index in [4.69, 9.17) is 9.47 Å². The number of nitrogens with zero attached hydrogens (tertiary/aromatic N) is 1. The Morgan fingerprint density at radius 1 is 1.18 bits per heavy atom. The van der Waals surface area contributed by atoms with E-state index in [-0.39, 0.29) is 0 Å². The van der Waals surface area contributed by atoms with Crippen molar-refractivity contribution >= 4 is 0 Å². The van der Waals surface area contributed by atoms with Gasteiger partial charge in [0.25, 0.3) is 0 Å². The Balaban J connectivity index is 3.31. The van der Waals surface area contributed by atoms with Gasteiger partial charge in [0.1, 0.15) is 12.6 Å². The monoisotopic (exact) mass is 246 g/mol. The fraction of sp³-hybridized carbons (Fsp3) is 0.846. The van der Waals surface area contributed by atoms with Gasteiger partial charge in [-0.05, 0) is 13.3 Å². The Labute approximate surface area is 105 Å². The second-order valence-electron chi connectivity index (χ2n) is 5.52. The maximum Gasteiger partial charge on any atom is 0.126 e. The van der Waals surface area contributed by atoms with Gasteiger partial charge >= 0.3 is 0 Å². The normalized spacial score (nSPS) is 13.7. The number of likely N-dealkylation sites (N-methyl/N-ethyl adjacent to an activating group) is 1. The summed E-state index contributed by atoms with van der Waals surface area (Å²) >= 11 is 0. The molecule has 1 unspecified atom stereocenters. The molecule has 17 heavy (non-hydrogen) atoms. The molecular weight excluding hydrogens is 218 g/mol. The highest BCUT2D eigenvalue weighted by Crippen LogP contribution is 1.97. The predicted molar refractivity (Wildman–Crippen MR) is 70.0 cm³/mol. The van der Waals surface area contributed by atoms with Gasteiger partial charge in [-0.1, -0.05) is 5.57 Å². The molecule has 0 aliphatic carbocycles. The van der Waals surface area contributed by atoms with Crippen LogP contribution in [0.2, 0.25) is 0 Å². The van der Waals surface area contributed by atoms with Gasteiger partial charge in [0.15, 0.2) is 0 Å². The lowest BCUT2D eigenvalue weighted by Gasteiger charge is -2.26. The molecule has 0 radical (unpaired) electrons. The van der Waals surface area contributed by atoms with Crippen molar-refractivity contribution in [1.82, 2.24) is 0 Å². The number of rotatable bonds is 10. The molecule has 0 aromatic carbocycles. The topological polar surface area (TPSA) is 38.7 Å². The van der Waals surface area contributed by atoms with Gasteiger partial charge in [-0.15, -0.1) is 6.58 Å². The maximum absolute atomic E-state index is 9.67. The van der Waals surface area contributed by atoms with Gasteiger partial charge in [-0.3, -0.25) is 0 Å². The van der Waals surface area contributed by atoms with Crippen LogP contribution in [0.1, 0.15) is 13.3 Å². The zero-order valence-electron chi connectivity index (χ0n) is 11.7. The highest BCUT2D eigenvalue weighted by atomic mass is 16.5. The van der Waals surface area contributed by atoms with Crippen molar-refractivity contribution in [2.24, 2.45) is 0 Å². The lowest BCUT2D eigenvalue weighted by molar-refractivity contribution is -0.873. The second-order valence-corrected chi connectivity index (χ2v) is 5.52. The smallest absolute Gasteiger partial charge is 0.126 e. The Kier molecular flexibility index (Phi) is 8.43. The molecule has 0 bridgehead atoms. The maximum atomic E-state index is 9.67. The first-order valence-electron chi connectivity index (χ1n) is 6.09. The van der Waals surface area contributed by atoms with Crippen LogP contribution in [0.3, 0.4) is 0 Å². The van der Waals surface area contributed by atoms with E-state index < -0.39 is 6.10 Å². The lowest BCUT2D eigenvalue weighted by Crippen LogP contribution is -2.43. The minimum Gasteiger partial charge on any atom is -0.385 e. The van der Waals surface area contributed by atoms with Gasteiger partial charge in [-0.2, -0.15) is 0 Å². The zero-order chi connectivity index (χ0) is 13.3. The molecule has 1 N–H and O–H groups in total. The van der Waals surface area contributed by atoms with Crippen molar-refractivity contribution in [2.45, 2.75) is 19.4 Å². The molecule has 4 nitrogen and oxygen atoms in total. The van der Waals surface area contributed by atoms with Crippen LogP contribution in [0.15, 0.2) is 12.2 Å². The van der Waals surface area contributed by atoms with Crippen molar-refractivity contribution in [3.8, 4) is 0 Å². The molecule has 0 heterocycles. The molecule has 0 fully saturated rings. The van der Waals surface area contributed by atoms with E-state index in [1.165, 1.54) is 0 Å². The summed E-state index contributed by atoms with van der Waals surface area (Å²) in [7, 11) is 6.14. The number of hydrogen-bond acceptors (Lipinski definition) is 3. The second kappa shape index (κ2) is 8.64. The van der Waals surface area contributed by atoms with E-state index >= 15 is 0 Å². The molecule has 0 amide bonds. The third-order valence-corrected chi connectivity index (χ3v) is 2.11. The molecule has 102 valence electrons. The number of hydrogen-bond donors (Lipinski definition) is 1. The van der Waals surface area contributed by atoms with Crippen LogP contribution >= 0.6 is 0 Å². The molecule has 0 aliphatic heterocycles. The Morgan fingerprint density at radius 3 is 2.29 bits per heavy atom. The molecule has 0 saturated carbocycles. The Hall–Kier alpha value is -0.420. The molecule has 0 aromatic heterocycles. The highest BCUT2D eigenvalue weighted by molar-refractivity contribution is 4.86. The highest BCUT2D eigenvalue weighted by Gasteiger charge is 2.15. The quantitative estimate of drug-likeness (QED) is 0.356. The van der Waals surface area contributed by atoms with Crippen molar-refractivity contribution < 1.29 is 19.1 Å².